The third-order valence-corrected chi connectivity index (χ3v) is 11.7. The number of hydrogen-bond donors (Lipinski definition) is 2. The van der Waals surface area contributed by atoms with Crippen LogP contribution in [0.5, 0.6) is 5.88 Å². The van der Waals surface area contributed by atoms with Gasteiger partial charge in [0.2, 0.25) is 5.88 Å². The third-order valence-electron chi connectivity index (χ3n) is 10.9. The second-order valence-corrected chi connectivity index (χ2v) is 15.3. The lowest BCUT2D eigenvalue weighted by atomic mass is 9.51. The second kappa shape index (κ2) is 10.2. The number of carbonyl (C=O) groups excluding carboxylic acids is 1. The van der Waals surface area contributed by atoms with Crippen LogP contribution in [0.1, 0.15) is 69.2 Å². The molecule has 1 unspecified atom stereocenters. The summed E-state index contributed by atoms with van der Waals surface area (Å²) in [5.74, 6) is 2.86. The maximum absolute atomic E-state index is 13.7. The molecule has 8 rings (SSSR count). The first-order valence-electron chi connectivity index (χ1n) is 16.0. The predicted molar refractivity (Wildman–Crippen MR) is 178 cm³/mol. The number of amides is 1. The zero-order valence-electron chi connectivity index (χ0n) is 25.9. The van der Waals surface area contributed by atoms with E-state index in [1.165, 1.54) is 25.7 Å². The van der Waals surface area contributed by atoms with Gasteiger partial charge >= 0.3 is 0 Å². The van der Waals surface area contributed by atoms with Gasteiger partial charge in [-0.05, 0) is 99.7 Å². The molecule has 3 aromatic heterocycles. The zero-order valence-corrected chi connectivity index (χ0v) is 26.7. The number of ether oxygens (including phenoxy) is 1. The molecule has 5 aliphatic rings. The first kappa shape index (κ1) is 29.3. The molecule has 13 heteroatoms. The predicted octanol–water partition coefficient (Wildman–Crippen LogP) is 3.73. The van der Waals surface area contributed by atoms with Crippen LogP contribution < -0.4 is 25.1 Å². The highest BCUT2D eigenvalue weighted by Gasteiger charge is 2.88. The maximum Gasteiger partial charge on any atom is 0.265 e. The molecular weight excluding hydrogens is 579 g/mol. The highest BCUT2D eigenvalue weighted by atomic mass is 32.2. The Bertz CT molecular complexity index is 1650. The van der Waals surface area contributed by atoms with Crippen LogP contribution in [0.25, 0.3) is 5.82 Å². The molecule has 2 N–H and O–H groups in total. The van der Waals surface area contributed by atoms with Gasteiger partial charge in [0, 0.05) is 42.8 Å². The number of pyridine rings is 2. The summed E-state index contributed by atoms with van der Waals surface area (Å²) in [7, 11) is 19.4. The Kier molecular flexibility index (Phi) is 6.66. The lowest BCUT2D eigenvalue weighted by Crippen LogP contribution is -2.40. The van der Waals surface area contributed by atoms with Crippen molar-refractivity contribution < 1.29 is 9.53 Å². The molecule has 6 radical (unpaired) electrons. The molecular formula is C32H36B3N7O2S. The van der Waals surface area contributed by atoms with Gasteiger partial charge in [-0.3, -0.25) is 9.52 Å². The zero-order chi connectivity index (χ0) is 31.2. The van der Waals surface area contributed by atoms with E-state index in [9.17, 15) is 4.79 Å². The Balaban J connectivity index is 1.05. The summed E-state index contributed by atoms with van der Waals surface area (Å²) in [5.41, 5.74) is 1.66. The van der Waals surface area contributed by atoms with E-state index in [4.69, 9.17) is 33.3 Å². The van der Waals surface area contributed by atoms with Gasteiger partial charge in [0.05, 0.1) is 27.9 Å². The van der Waals surface area contributed by atoms with Crippen molar-refractivity contribution in [2.24, 2.45) is 22.7 Å². The van der Waals surface area contributed by atoms with E-state index in [0.29, 0.717) is 62.1 Å². The highest BCUT2D eigenvalue weighted by Crippen LogP contribution is 2.95. The van der Waals surface area contributed by atoms with Gasteiger partial charge in [-0.1, -0.05) is 16.7 Å². The fourth-order valence-corrected chi connectivity index (χ4v) is 9.29. The van der Waals surface area contributed by atoms with Crippen molar-refractivity contribution in [2.45, 2.75) is 74.6 Å². The number of carbonyl (C=O) groups is 1. The molecule has 0 aromatic carbocycles. The van der Waals surface area contributed by atoms with Crippen molar-refractivity contribution in [1.82, 2.24) is 24.5 Å². The van der Waals surface area contributed by atoms with Gasteiger partial charge in [-0.2, -0.15) is 0 Å². The van der Waals surface area contributed by atoms with Crippen LogP contribution in [0.15, 0.2) is 41.6 Å². The average Bonchev–Trinajstić information content (AvgIpc) is 3.96. The van der Waals surface area contributed by atoms with Crippen LogP contribution in [0.2, 0.25) is 5.21 Å². The molecule has 3 saturated carbocycles. The molecule has 2 aliphatic heterocycles. The standard InChI is InChI=1S/C32H36B3N7O2S/c1-29(2)16-19-4-3-14-36-25-21(33)6-8-24(38-25)45-40-27(43)20-5-7-22(37-26(20)41(29)17-19)42-15-9-23(39-42)44-18-32(34,35)28-30(10-11-30)31(28)12-13-31/h5-9,15,19,28H,3-4,10-14,16-18H2,1-2H3,(H,36,38)(H,40,43). The van der Waals surface area contributed by atoms with Crippen LogP contribution in [-0.4, -0.2) is 74.4 Å². The number of hydrogen-bond acceptors (Lipinski definition) is 8. The summed E-state index contributed by atoms with van der Waals surface area (Å²) < 4.78 is 10.7. The summed E-state index contributed by atoms with van der Waals surface area (Å²) in [4.78, 5) is 25.6. The molecule has 45 heavy (non-hydrogen) atoms. The number of anilines is 2. The van der Waals surface area contributed by atoms with Crippen molar-refractivity contribution in [3.8, 4) is 11.7 Å². The summed E-state index contributed by atoms with van der Waals surface area (Å²) in [6.45, 7) is 6.24. The first-order valence-corrected chi connectivity index (χ1v) is 16.9. The first-order chi connectivity index (χ1) is 21.5. The Morgan fingerprint density at radius 3 is 2.62 bits per heavy atom. The van der Waals surface area contributed by atoms with E-state index >= 15 is 0 Å². The lowest BCUT2D eigenvalue weighted by molar-refractivity contribution is 0.0984. The summed E-state index contributed by atoms with van der Waals surface area (Å²) >= 11 is 1.16. The summed E-state index contributed by atoms with van der Waals surface area (Å²) in [5, 5.41) is 7.81. The minimum absolute atomic E-state index is 0.191. The van der Waals surface area contributed by atoms with E-state index < -0.39 is 5.21 Å². The normalized spacial score (nSPS) is 24.3. The maximum atomic E-state index is 13.7. The SMILES string of the molecule is [B]c1ccc2nc1NCCCC1CN(c3nc(-n4ccc(OCC([B])([B])C5C6(CC6)C56CC6)n4)ccc3C(=O)NS2)C(C)(C)C1. The number of nitrogens with one attached hydrogen (secondary N) is 2. The summed E-state index contributed by atoms with van der Waals surface area (Å²) in [6, 6.07) is 9.05. The lowest BCUT2D eigenvalue weighted by Gasteiger charge is -2.34. The van der Waals surface area contributed by atoms with Gasteiger partial charge in [-0.25, -0.2) is 14.6 Å². The molecule has 226 valence electrons. The van der Waals surface area contributed by atoms with Crippen molar-refractivity contribution in [1.29, 1.82) is 0 Å². The van der Waals surface area contributed by atoms with E-state index in [1.54, 1.807) is 16.8 Å². The molecule has 4 bridgehead atoms. The Hall–Kier alpha value is -3.08. The molecule has 3 aliphatic carbocycles. The van der Waals surface area contributed by atoms with E-state index in [2.05, 4.69) is 38.9 Å². The van der Waals surface area contributed by atoms with Gasteiger partial charge in [0.25, 0.3) is 5.91 Å². The van der Waals surface area contributed by atoms with E-state index in [0.717, 1.165) is 44.3 Å². The fourth-order valence-electron chi connectivity index (χ4n) is 8.71. The van der Waals surface area contributed by atoms with Gasteiger partial charge in [-0.15, -0.1) is 5.10 Å². The van der Waals surface area contributed by atoms with Gasteiger partial charge < -0.3 is 15.0 Å². The van der Waals surface area contributed by atoms with Crippen molar-refractivity contribution in [3.63, 3.8) is 0 Å². The van der Waals surface area contributed by atoms with Gasteiger partial charge in [0.1, 0.15) is 24.5 Å². The molecule has 2 spiro atoms. The quantitative estimate of drug-likeness (QED) is 0.332. The molecule has 1 amide bonds. The second-order valence-electron chi connectivity index (χ2n) is 14.5. The van der Waals surface area contributed by atoms with Crippen LogP contribution in [0.4, 0.5) is 11.6 Å². The molecule has 5 heterocycles. The van der Waals surface area contributed by atoms with E-state index in [-0.39, 0.29) is 18.1 Å². The Labute approximate surface area is 272 Å². The monoisotopic (exact) mass is 615 g/mol. The largest absolute Gasteiger partial charge is 0.478 e. The number of nitrogens with zero attached hydrogens (tertiary/aromatic N) is 5. The summed E-state index contributed by atoms with van der Waals surface area (Å²) in [6.07, 6.45) is 9.81. The average molecular weight is 615 g/mol. The number of aromatic nitrogens is 4. The fraction of sp³-hybridized carbons (Fsp3) is 0.562. The molecule has 9 nitrogen and oxygen atoms in total. The highest BCUT2D eigenvalue weighted by molar-refractivity contribution is 7.97. The third kappa shape index (κ3) is 4.95. The molecule has 1 saturated heterocycles. The minimum Gasteiger partial charge on any atom is -0.478 e. The number of fused-ring (bicyclic) bond motifs is 7. The molecule has 1 atom stereocenters. The van der Waals surface area contributed by atoms with E-state index in [1.807, 2.05) is 24.4 Å². The Morgan fingerprint density at radius 1 is 1.09 bits per heavy atom. The molecule has 3 aromatic rings. The Morgan fingerprint density at radius 2 is 1.87 bits per heavy atom. The smallest absolute Gasteiger partial charge is 0.265 e. The van der Waals surface area contributed by atoms with Gasteiger partial charge in [0.15, 0.2) is 5.82 Å². The van der Waals surface area contributed by atoms with Crippen molar-refractivity contribution in [3.05, 3.63) is 42.1 Å². The van der Waals surface area contributed by atoms with Crippen molar-refractivity contribution in [2.75, 3.05) is 29.9 Å². The van der Waals surface area contributed by atoms with Crippen LogP contribution in [0, 0.1) is 22.7 Å². The topological polar surface area (TPSA) is 97.2 Å². The van der Waals surface area contributed by atoms with Crippen LogP contribution in [-0.2, 0) is 0 Å². The number of rotatable bonds is 5. The molecule has 4 fully saturated rings. The van der Waals surface area contributed by atoms with Crippen LogP contribution >= 0.6 is 11.9 Å². The minimum atomic E-state index is -0.869. The van der Waals surface area contributed by atoms with Crippen molar-refractivity contribution >= 4 is 58.5 Å². The van der Waals surface area contributed by atoms with Crippen LogP contribution in [0.3, 0.4) is 0 Å².